The second-order valence-corrected chi connectivity index (χ2v) is 4.73. The van der Waals surface area contributed by atoms with Gasteiger partial charge in [-0.25, -0.2) is 0 Å². The first kappa shape index (κ1) is 12.4. The monoisotopic (exact) mass is 265 g/mol. The predicted molar refractivity (Wildman–Crippen MR) is 66.8 cm³/mol. The number of carbonyl (C=O) groups is 3. The lowest BCUT2D eigenvalue weighted by Crippen LogP contribution is -2.35. The van der Waals surface area contributed by atoms with E-state index >= 15 is 0 Å². The number of thioether (sulfide) groups is 1. The molecule has 1 aromatic rings. The van der Waals surface area contributed by atoms with E-state index in [1.807, 2.05) is 12.1 Å². The number of carbonyl (C=O) groups excluding carboxylic acids is 3. The van der Waals surface area contributed by atoms with Gasteiger partial charge in [0.05, 0.1) is 11.4 Å². The molecule has 7 heteroatoms. The normalized spacial score (nSPS) is 13.4. The summed E-state index contributed by atoms with van der Waals surface area (Å²) in [6.07, 6.45) is 0. The van der Waals surface area contributed by atoms with Crippen molar-refractivity contribution < 1.29 is 14.4 Å². The lowest BCUT2D eigenvalue weighted by atomic mass is 10.2. The SMILES string of the molecule is NC(=O)C(=O)NCc1ccc2c(c1)NC(=O)CS2. The highest BCUT2D eigenvalue weighted by Gasteiger charge is 2.15. The summed E-state index contributed by atoms with van der Waals surface area (Å²) < 4.78 is 0. The van der Waals surface area contributed by atoms with Gasteiger partial charge >= 0.3 is 11.8 Å². The molecule has 18 heavy (non-hydrogen) atoms. The molecule has 0 atom stereocenters. The highest BCUT2D eigenvalue weighted by Crippen LogP contribution is 2.31. The standard InChI is InChI=1S/C11H11N3O3S/c12-10(16)11(17)13-4-6-1-2-8-7(3-6)14-9(15)5-18-8/h1-3H,4-5H2,(H2,12,16)(H,13,17)(H,14,15). The van der Waals surface area contributed by atoms with Crippen molar-refractivity contribution in [1.29, 1.82) is 0 Å². The number of anilines is 1. The first-order chi connectivity index (χ1) is 8.56. The van der Waals surface area contributed by atoms with Crippen molar-refractivity contribution in [3.05, 3.63) is 23.8 Å². The number of primary amides is 1. The van der Waals surface area contributed by atoms with Crippen molar-refractivity contribution in [2.24, 2.45) is 5.73 Å². The number of hydrogen-bond donors (Lipinski definition) is 3. The molecule has 1 heterocycles. The number of rotatable bonds is 2. The van der Waals surface area contributed by atoms with Crippen LogP contribution in [0.3, 0.4) is 0 Å². The average Bonchev–Trinajstić information content (AvgIpc) is 2.35. The van der Waals surface area contributed by atoms with Gasteiger partial charge in [-0.05, 0) is 17.7 Å². The van der Waals surface area contributed by atoms with Gasteiger partial charge in [-0.1, -0.05) is 6.07 Å². The van der Waals surface area contributed by atoms with Crippen LogP contribution in [0, 0.1) is 0 Å². The summed E-state index contributed by atoms with van der Waals surface area (Å²) in [5, 5.41) is 5.13. The number of amides is 3. The summed E-state index contributed by atoms with van der Waals surface area (Å²) in [7, 11) is 0. The Kier molecular flexibility index (Phi) is 3.52. The number of benzene rings is 1. The van der Waals surface area contributed by atoms with Crippen LogP contribution in [0.4, 0.5) is 5.69 Å². The van der Waals surface area contributed by atoms with E-state index in [9.17, 15) is 14.4 Å². The summed E-state index contributed by atoms with van der Waals surface area (Å²) in [6, 6.07) is 5.45. The second kappa shape index (κ2) is 5.09. The van der Waals surface area contributed by atoms with E-state index in [4.69, 9.17) is 5.73 Å². The van der Waals surface area contributed by atoms with E-state index in [-0.39, 0.29) is 12.5 Å². The zero-order valence-electron chi connectivity index (χ0n) is 9.36. The minimum atomic E-state index is -1.02. The zero-order chi connectivity index (χ0) is 13.1. The molecule has 0 saturated carbocycles. The Labute approximate surface area is 107 Å². The highest BCUT2D eigenvalue weighted by molar-refractivity contribution is 8.00. The van der Waals surface area contributed by atoms with Gasteiger partial charge in [0.15, 0.2) is 0 Å². The van der Waals surface area contributed by atoms with Gasteiger partial charge in [-0.15, -0.1) is 11.8 Å². The van der Waals surface area contributed by atoms with Crippen molar-refractivity contribution in [3.63, 3.8) is 0 Å². The van der Waals surface area contributed by atoms with Gasteiger partial charge in [-0.2, -0.15) is 0 Å². The van der Waals surface area contributed by atoms with Gasteiger partial charge < -0.3 is 16.4 Å². The van der Waals surface area contributed by atoms with Gasteiger partial charge in [0.2, 0.25) is 5.91 Å². The topological polar surface area (TPSA) is 101 Å². The summed E-state index contributed by atoms with van der Waals surface area (Å²) in [4.78, 5) is 33.8. The second-order valence-electron chi connectivity index (χ2n) is 3.71. The van der Waals surface area contributed by atoms with Gasteiger partial charge in [0.25, 0.3) is 0 Å². The van der Waals surface area contributed by atoms with E-state index in [2.05, 4.69) is 10.6 Å². The van der Waals surface area contributed by atoms with Crippen molar-refractivity contribution in [2.75, 3.05) is 11.1 Å². The molecular formula is C11H11N3O3S. The van der Waals surface area contributed by atoms with E-state index in [0.717, 1.165) is 16.1 Å². The lowest BCUT2D eigenvalue weighted by molar-refractivity contribution is -0.137. The van der Waals surface area contributed by atoms with Crippen LogP contribution in [-0.4, -0.2) is 23.5 Å². The summed E-state index contributed by atoms with van der Waals surface area (Å²) in [6.45, 7) is 0.190. The van der Waals surface area contributed by atoms with Crippen molar-refractivity contribution in [1.82, 2.24) is 5.32 Å². The quantitative estimate of drug-likeness (QED) is 0.646. The zero-order valence-corrected chi connectivity index (χ0v) is 10.2. The molecule has 0 fully saturated rings. The Morgan fingerprint density at radius 2 is 2.22 bits per heavy atom. The van der Waals surface area contributed by atoms with E-state index < -0.39 is 11.8 Å². The third kappa shape index (κ3) is 2.80. The molecule has 4 N–H and O–H groups in total. The van der Waals surface area contributed by atoms with E-state index in [1.165, 1.54) is 11.8 Å². The number of hydrogen-bond acceptors (Lipinski definition) is 4. The van der Waals surface area contributed by atoms with E-state index in [0.29, 0.717) is 5.75 Å². The summed E-state index contributed by atoms with van der Waals surface area (Å²) >= 11 is 1.46. The van der Waals surface area contributed by atoms with Crippen LogP contribution in [-0.2, 0) is 20.9 Å². The predicted octanol–water partition coefficient (Wildman–Crippen LogP) is -0.168. The molecule has 2 rings (SSSR count). The van der Waals surface area contributed by atoms with Gasteiger partial charge in [-0.3, -0.25) is 14.4 Å². The molecule has 0 aliphatic carbocycles. The maximum absolute atomic E-state index is 11.2. The maximum Gasteiger partial charge on any atom is 0.309 e. The third-order valence-electron chi connectivity index (χ3n) is 2.35. The first-order valence-electron chi connectivity index (χ1n) is 5.19. The molecule has 1 aliphatic heterocycles. The molecule has 1 aliphatic rings. The molecule has 0 saturated heterocycles. The highest BCUT2D eigenvalue weighted by atomic mass is 32.2. The molecular weight excluding hydrogens is 254 g/mol. The van der Waals surface area contributed by atoms with Gasteiger partial charge in [0.1, 0.15) is 0 Å². The van der Waals surface area contributed by atoms with Crippen LogP contribution in [0.5, 0.6) is 0 Å². The number of fused-ring (bicyclic) bond motifs is 1. The third-order valence-corrected chi connectivity index (χ3v) is 3.43. The first-order valence-corrected chi connectivity index (χ1v) is 6.18. The smallest absolute Gasteiger partial charge is 0.309 e. The molecule has 0 spiro atoms. The van der Waals surface area contributed by atoms with Crippen LogP contribution in [0.2, 0.25) is 0 Å². The Hall–Kier alpha value is -2.02. The molecule has 0 radical (unpaired) electrons. The summed E-state index contributed by atoms with van der Waals surface area (Å²) in [5.74, 6) is -1.49. The molecule has 6 nitrogen and oxygen atoms in total. The molecule has 0 aromatic heterocycles. The number of nitrogens with one attached hydrogen (secondary N) is 2. The Bertz CT molecular complexity index is 530. The van der Waals surface area contributed by atoms with E-state index in [1.54, 1.807) is 6.07 Å². The van der Waals surface area contributed by atoms with Crippen LogP contribution >= 0.6 is 11.8 Å². The molecule has 0 unspecified atom stereocenters. The number of nitrogens with two attached hydrogens (primary N) is 1. The van der Waals surface area contributed by atoms with Crippen molar-refractivity contribution in [3.8, 4) is 0 Å². The maximum atomic E-state index is 11.2. The van der Waals surface area contributed by atoms with Gasteiger partial charge in [0, 0.05) is 11.4 Å². The average molecular weight is 265 g/mol. The molecule has 94 valence electrons. The molecule has 1 aromatic carbocycles. The van der Waals surface area contributed by atoms with Crippen LogP contribution in [0.25, 0.3) is 0 Å². The van der Waals surface area contributed by atoms with Crippen molar-refractivity contribution in [2.45, 2.75) is 11.4 Å². The summed E-state index contributed by atoms with van der Waals surface area (Å²) in [5.41, 5.74) is 6.33. The van der Waals surface area contributed by atoms with Crippen LogP contribution in [0.1, 0.15) is 5.56 Å². The van der Waals surface area contributed by atoms with Crippen LogP contribution in [0.15, 0.2) is 23.1 Å². The van der Waals surface area contributed by atoms with Crippen LogP contribution < -0.4 is 16.4 Å². The fraction of sp³-hybridized carbons (Fsp3) is 0.182. The lowest BCUT2D eigenvalue weighted by Gasteiger charge is -2.17. The molecule has 0 bridgehead atoms. The molecule has 3 amide bonds. The fourth-order valence-corrected chi connectivity index (χ4v) is 2.30. The Balaban J connectivity index is 2.07. The largest absolute Gasteiger partial charge is 0.361 e. The minimum absolute atomic E-state index is 0.0502. The fourth-order valence-electron chi connectivity index (χ4n) is 1.51. The van der Waals surface area contributed by atoms with Crippen molar-refractivity contribution >= 4 is 35.2 Å². The minimum Gasteiger partial charge on any atom is -0.361 e. The Morgan fingerprint density at radius 1 is 1.44 bits per heavy atom. The Morgan fingerprint density at radius 3 is 2.94 bits per heavy atom.